The summed E-state index contributed by atoms with van der Waals surface area (Å²) in [6.07, 6.45) is 2.73. The van der Waals surface area contributed by atoms with Gasteiger partial charge in [0.2, 0.25) is 5.91 Å². The number of phenols is 1. The van der Waals surface area contributed by atoms with Gasteiger partial charge in [-0.1, -0.05) is 29.8 Å². The fourth-order valence-corrected chi connectivity index (χ4v) is 2.76. The molecule has 0 radical (unpaired) electrons. The SMILES string of the molecule is O=C(Cc1c[nH]c2ccc(Cl)cc12)NCCc1ccccc1O. The molecule has 0 saturated carbocycles. The Morgan fingerprint density at radius 2 is 2.00 bits per heavy atom. The molecule has 0 spiro atoms. The Bertz CT molecular complexity index is 842. The molecule has 0 saturated heterocycles. The van der Waals surface area contributed by atoms with Gasteiger partial charge in [0.15, 0.2) is 0 Å². The molecule has 3 N–H and O–H groups in total. The minimum absolute atomic E-state index is 0.0544. The number of aromatic hydroxyl groups is 1. The monoisotopic (exact) mass is 328 g/mol. The van der Waals surface area contributed by atoms with Gasteiger partial charge in [-0.2, -0.15) is 0 Å². The number of carbonyl (C=O) groups is 1. The molecule has 0 aliphatic heterocycles. The molecule has 3 aromatic rings. The van der Waals surface area contributed by atoms with Gasteiger partial charge in [0.25, 0.3) is 0 Å². The molecule has 23 heavy (non-hydrogen) atoms. The maximum Gasteiger partial charge on any atom is 0.224 e. The first-order chi connectivity index (χ1) is 11.1. The molecule has 0 unspecified atom stereocenters. The van der Waals surface area contributed by atoms with Crippen molar-refractivity contribution in [2.24, 2.45) is 0 Å². The molecule has 1 heterocycles. The number of phenolic OH excluding ortho intramolecular Hbond substituents is 1. The highest BCUT2D eigenvalue weighted by Gasteiger charge is 2.09. The van der Waals surface area contributed by atoms with Crippen LogP contribution in [0.2, 0.25) is 5.02 Å². The third-order valence-electron chi connectivity index (χ3n) is 3.79. The number of H-pyrrole nitrogens is 1. The van der Waals surface area contributed by atoms with Gasteiger partial charge in [-0.05, 0) is 41.8 Å². The molecule has 2 aromatic carbocycles. The molecule has 118 valence electrons. The van der Waals surface area contributed by atoms with Crippen molar-refractivity contribution in [3.8, 4) is 5.75 Å². The van der Waals surface area contributed by atoms with Crippen molar-refractivity contribution >= 4 is 28.4 Å². The number of benzene rings is 2. The minimum Gasteiger partial charge on any atom is -0.508 e. The van der Waals surface area contributed by atoms with Crippen LogP contribution in [0.5, 0.6) is 5.75 Å². The summed E-state index contributed by atoms with van der Waals surface area (Å²) in [7, 11) is 0. The number of hydrogen-bond donors (Lipinski definition) is 3. The van der Waals surface area contributed by atoms with Crippen LogP contribution in [0.25, 0.3) is 10.9 Å². The molecule has 0 fully saturated rings. The van der Waals surface area contributed by atoms with E-state index in [1.165, 1.54) is 0 Å². The third-order valence-corrected chi connectivity index (χ3v) is 4.02. The van der Waals surface area contributed by atoms with Crippen LogP contribution in [0.15, 0.2) is 48.7 Å². The lowest BCUT2D eigenvalue weighted by Gasteiger charge is -2.06. The van der Waals surface area contributed by atoms with E-state index in [9.17, 15) is 9.90 Å². The Morgan fingerprint density at radius 1 is 1.17 bits per heavy atom. The van der Waals surface area contributed by atoms with Crippen LogP contribution in [0.3, 0.4) is 0 Å². The zero-order valence-electron chi connectivity index (χ0n) is 12.5. The number of nitrogens with one attached hydrogen (secondary N) is 2. The number of rotatable bonds is 5. The van der Waals surface area contributed by atoms with Gasteiger partial charge in [-0.15, -0.1) is 0 Å². The highest BCUT2D eigenvalue weighted by atomic mass is 35.5. The van der Waals surface area contributed by atoms with Gasteiger partial charge in [0, 0.05) is 28.7 Å². The molecule has 0 bridgehead atoms. The molecule has 5 heteroatoms. The average molecular weight is 329 g/mol. The lowest BCUT2D eigenvalue weighted by molar-refractivity contribution is -0.120. The quantitative estimate of drug-likeness (QED) is 0.672. The van der Waals surface area contributed by atoms with Crippen LogP contribution < -0.4 is 5.32 Å². The predicted octanol–water partition coefficient (Wildman–Crippen LogP) is 3.43. The van der Waals surface area contributed by atoms with Crippen molar-refractivity contribution in [3.63, 3.8) is 0 Å². The minimum atomic E-state index is -0.0544. The van der Waals surface area contributed by atoms with Gasteiger partial charge < -0.3 is 15.4 Å². The molecule has 4 nitrogen and oxygen atoms in total. The van der Waals surface area contributed by atoms with E-state index < -0.39 is 0 Å². The van der Waals surface area contributed by atoms with Gasteiger partial charge in [-0.25, -0.2) is 0 Å². The Balaban J connectivity index is 1.59. The standard InChI is InChI=1S/C18H17ClN2O2/c19-14-5-6-16-15(10-14)13(11-21-16)9-18(23)20-8-7-12-3-1-2-4-17(12)22/h1-6,10-11,21-22H,7-9H2,(H,20,23). The number of fused-ring (bicyclic) bond motifs is 1. The lowest BCUT2D eigenvalue weighted by Crippen LogP contribution is -2.27. The first-order valence-electron chi connectivity index (χ1n) is 7.42. The van der Waals surface area contributed by atoms with E-state index in [4.69, 9.17) is 11.6 Å². The number of carbonyl (C=O) groups excluding carboxylic acids is 1. The van der Waals surface area contributed by atoms with Crippen molar-refractivity contribution < 1.29 is 9.90 Å². The maximum atomic E-state index is 12.1. The second kappa shape index (κ2) is 6.75. The first-order valence-corrected chi connectivity index (χ1v) is 7.80. The zero-order chi connectivity index (χ0) is 16.2. The average Bonchev–Trinajstić information content (AvgIpc) is 2.91. The zero-order valence-corrected chi connectivity index (χ0v) is 13.2. The van der Waals surface area contributed by atoms with Crippen LogP contribution in [0.1, 0.15) is 11.1 Å². The predicted molar refractivity (Wildman–Crippen MR) is 91.8 cm³/mol. The number of hydrogen-bond acceptors (Lipinski definition) is 2. The molecule has 0 aliphatic carbocycles. The molecule has 0 aliphatic rings. The number of para-hydroxylation sites is 1. The summed E-state index contributed by atoms with van der Waals surface area (Å²) in [6, 6.07) is 12.7. The molecule has 1 amide bonds. The van der Waals surface area contributed by atoms with Crippen molar-refractivity contribution in [3.05, 3.63) is 64.8 Å². The van der Waals surface area contributed by atoms with Crippen molar-refractivity contribution in [2.75, 3.05) is 6.54 Å². The largest absolute Gasteiger partial charge is 0.508 e. The van der Waals surface area contributed by atoms with E-state index in [-0.39, 0.29) is 11.7 Å². The summed E-state index contributed by atoms with van der Waals surface area (Å²) in [6.45, 7) is 0.486. The van der Waals surface area contributed by atoms with Crippen molar-refractivity contribution in [1.29, 1.82) is 0 Å². The van der Waals surface area contributed by atoms with E-state index in [1.807, 2.05) is 36.5 Å². The van der Waals surface area contributed by atoms with Gasteiger partial charge >= 0.3 is 0 Å². The molecular weight excluding hydrogens is 312 g/mol. The van der Waals surface area contributed by atoms with E-state index in [2.05, 4.69) is 10.3 Å². The van der Waals surface area contributed by atoms with E-state index in [1.54, 1.807) is 12.1 Å². The highest BCUT2D eigenvalue weighted by Crippen LogP contribution is 2.22. The molecule has 1 aromatic heterocycles. The second-order valence-corrected chi connectivity index (χ2v) is 5.85. The Morgan fingerprint density at radius 3 is 2.83 bits per heavy atom. The van der Waals surface area contributed by atoms with Crippen LogP contribution in [-0.4, -0.2) is 22.5 Å². The van der Waals surface area contributed by atoms with Crippen LogP contribution >= 0.6 is 11.6 Å². The fraction of sp³-hybridized carbons (Fsp3) is 0.167. The summed E-state index contributed by atoms with van der Waals surface area (Å²) in [5, 5.41) is 14.2. The normalized spacial score (nSPS) is 10.8. The second-order valence-electron chi connectivity index (χ2n) is 5.41. The van der Waals surface area contributed by atoms with Crippen molar-refractivity contribution in [1.82, 2.24) is 10.3 Å². The number of aromatic amines is 1. The Labute approximate surface area is 139 Å². The van der Waals surface area contributed by atoms with E-state index >= 15 is 0 Å². The summed E-state index contributed by atoms with van der Waals surface area (Å²) >= 11 is 6.01. The molecule has 3 rings (SSSR count). The summed E-state index contributed by atoms with van der Waals surface area (Å²) in [5.74, 6) is 0.203. The third kappa shape index (κ3) is 3.66. The van der Waals surface area contributed by atoms with Crippen LogP contribution in [0.4, 0.5) is 0 Å². The number of aromatic nitrogens is 1. The van der Waals surface area contributed by atoms with Gasteiger partial charge in [-0.3, -0.25) is 4.79 Å². The van der Waals surface area contributed by atoms with Crippen LogP contribution in [-0.2, 0) is 17.6 Å². The molecule has 0 atom stereocenters. The lowest BCUT2D eigenvalue weighted by atomic mass is 10.1. The van der Waals surface area contributed by atoms with Crippen molar-refractivity contribution in [2.45, 2.75) is 12.8 Å². The maximum absolute atomic E-state index is 12.1. The topological polar surface area (TPSA) is 65.1 Å². The summed E-state index contributed by atoms with van der Waals surface area (Å²) in [5.41, 5.74) is 2.71. The fourth-order valence-electron chi connectivity index (χ4n) is 2.59. The molecular formula is C18H17ClN2O2. The van der Waals surface area contributed by atoms with E-state index in [0.717, 1.165) is 22.0 Å². The first kappa shape index (κ1) is 15.4. The van der Waals surface area contributed by atoms with Gasteiger partial charge in [0.05, 0.1) is 6.42 Å². The van der Waals surface area contributed by atoms with Crippen LogP contribution in [0, 0.1) is 0 Å². The summed E-state index contributed by atoms with van der Waals surface area (Å²) in [4.78, 5) is 15.2. The van der Waals surface area contributed by atoms with E-state index in [0.29, 0.717) is 24.4 Å². The van der Waals surface area contributed by atoms with Gasteiger partial charge in [0.1, 0.15) is 5.75 Å². The smallest absolute Gasteiger partial charge is 0.224 e. The highest BCUT2D eigenvalue weighted by molar-refractivity contribution is 6.31. The summed E-state index contributed by atoms with van der Waals surface area (Å²) < 4.78 is 0. The Hall–Kier alpha value is -2.46. The number of amides is 1. The Kier molecular flexibility index (Phi) is 4.53. The number of halogens is 1.